The molecule has 0 unspecified atom stereocenters. The summed E-state index contributed by atoms with van der Waals surface area (Å²) in [6.45, 7) is 11.6. The molecule has 0 radical (unpaired) electrons. The molecule has 0 aliphatic heterocycles. The summed E-state index contributed by atoms with van der Waals surface area (Å²) in [6, 6.07) is 8.30. The smallest absolute Gasteiger partial charge is 0.280 e. The Labute approximate surface area is 186 Å². The minimum Gasteiger partial charge on any atom is -0.464 e. The molecular weight excluding hydrogens is 412 g/mol. The number of furan rings is 1. The normalized spacial score (nSPS) is 12.5. The summed E-state index contributed by atoms with van der Waals surface area (Å²) < 4.78 is 9.69. The van der Waals surface area contributed by atoms with Crippen LogP contribution in [0.4, 0.5) is 5.69 Å². The van der Waals surface area contributed by atoms with E-state index in [1.165, 1.54) is 4.90 Å². The minimum atomic E-state index is -1.00. The quantitative estimate of drug-likeness (QED) is 0.573. The molecule has 8 heteroatoms. The van der Waals surface area contributed by atoms with Crippen LogP contribution in [0.2, 0.25) is 0 Å². The zero-order valence-corrected chi connectivity index (χ0v) is 19.5. The van der Waals surface area contributed by atoms with E-state index in [4.69, 9.17) is 4.42 Å². The molecule has 3 rings (SSSR count). The van der Waals surface area contributed by atoms with Gasteiger partial charge in [0.15, 0.2) is 11.7 Å². The zero-order chi connectivity index (χ0) is 22.8. The van der Waals surface area contributed by atoms with Gasteiger partial charge < -0.3 is 9.73 Å². The van der Waals surface area contributed by atoms with Crippen molar-refractivity contribution in [2.45, 2.75) is 59.5 Å². The van der Waals surface area contributed by atoms with Crippen LogP contribution in [0.15, 0.2) is 40.1 Å². The van der Waals surface area contributed by atoms with Crippen LogP contribution in [0.3, 0.4) is 0 Å². The number of aromatic nitrogens is 2. The lowest BCUT2D eigenvalue weighted by Gasteiger charge is -2.33. The standard InChI is InChI=1S/C23H28N4O3S/c1-7-23(5,6)24-21(28)20(19-9-8-16(4)30-19)27(22(29)18-13-31-26-25-18)17-11-14(2)10-15(3)12-17/h8-13,20H,7H2,1-6H3,(H,24,28)/t20-/m1/s1. The van der Waals surface area contributed by atoms with E-state index in [9.17, 15) is 9.59 Å². The highest BCUT2D eigenvalue weighted by Gasteiger charge is 2.38. The Hall–Kier alpha value is -3.00. The summed E-state index contributed by atoms with van der Waals surface area (Å²) in [5.74, 6) is 0.308. The molecule has 2 aromatic heterocycles. The van der Waals surface area contributed by atoms with Crippen LogP contribution in [0.25, 0.3) is 0 Å². The molecule has 3 aromatic rings. The highest BCUT2D eigenvalue weighted by molar-refractivity contribution is 7.03. The van der Waals surface area contributed by atoms with Crippen molar-refractivity contribution in [3.05, 3.63) is 64.1 Å². The molecular formula is C23H28N4O3S. The Morgan fingerprint density at radius 2 is 1.84 bits per heavy atom. The number of anilines is 1. The van der Waals surface area contributed by atoms with Gasteiger partial charge in [-0.3, -0.25) is 14.5 Å². The third-order valence-electron chi connectivity index (χ3n) is 5.17. The van der Waals surface area contributed by atoms with Crippen molar-refractivity contribution in [1.82, 2.24) is 14.9 Å². The molecule has 2 amide bonds. The number of nitrogens with one attached hydrogen (secondary N) is 1. The van der Waals surface area contributed by atoms with E-state index in [1.807, 2.05) is 59.7 Å². The summed E-state index contributed by atoms with van der Waals surface area (Å²) in [5, 5.41) is 8.60. The van der Waals surface area contributed by atoms with Crippen molar-refractivity contribution in [3.8, 4) is 0 Å². The first-order valence-corrected chi connectivity index (χ1v) is 11.0. The van der Waals surface area contributed by atoms with Gasteiger partial charge in [-0.15, -0.1) is 5.10 Å². The number of rotatable bonds is 7. The average molecular weight is 441 g/mol. The maximum Gasteiger partial charge on any atom is 0.280 e. The fraction of sp³-hybridized carbons (Fsp3) is 0.391. The molecule has 0 spiro atoms. The van der Waals surface area contributed by atoms with Crippen molar-refractivity contribution < 1.29 is 14.0 Å². The number of hydrogen-bond acceptors (Lipinski definition) is 6. The van der Waals surface area contributed by atoms with Gasteiger partial charge >= 0.3 is 0 Å². The molecule has 1 aromatic carbocycles. The predicted octanol–water partition coefficient (Wildman–Crippen LogP) is 4.75. The van der Waals surface area contributed by atoms with Gasteiger partial charge in [-0.05, 0) is 88.0 Å². The van der Waals surface area contributed by atoms with Crippen LogP contribution in [0.5, 0.6) is 0 Å². The van der Waals surface area contributed by atoms with Gasteiger partial charge in [0.05, 0.1) is 0 Å². The van der Waals surface area contributed by atoms with E-state index in [-0.39, 0.29) is 11.6 Å². The number of nitrogens with zero attached hydrogens (tertiary/aromatic N) is 3. The van der Waals surface area contributed by atoms with E-state index in [2.05, 4.69) is 14.9 Å². The molecule has 0 aliphatic rings. The van der Waals surface area contributed by atoms with Gasteiger partial charge in [-0.2, -0.15) is 0 Å². The Bertz CT molecular complexity index is 1050. The molecule has 31 heavy (non-hydrogen) atoms. The summed E-state index contributed by atoms with van der Waals surface area (Å²) in [4.78, 5) is 28.6. The van der Waals surface area contributed by atoms with E-state index in [1.54, 1.807) is 17.5 Å². The molecule has 0 bridgehead atoms. The summed E-state index contributed by atoms with van der Waals surface area (Å²) >= 11 is 1.09. The highest BCUT2D eigenvalue weighted by atomic mass is 32.1. The number of carbonyl (C=O) groups is 2. The number of amides is 2. The number of benzene rings is 1. The Morgan fingerprint density at radius 1 is 1.16 bits per heavy atom. The lowest BCUT2D eigenvalue weighted by molar-refractivity contribution is -0.124. The largest absolute Gasteiger partial charge is 0.464 e. The minimum absolute atomic E-state index is 0.181. The maximum absolute atomic E-state index is 13.6. The lowest BCUT2D eigenvalue weighted by atomic mass is 10.00. The van der Waals surface area contributed by atoms with Crippen LogP contribution in [0, 0.1) is 20.8 Å². The molecule has 0 saturated carbocycles. The Balaban J connectivity index is 2.18. The maximum atomic E-state index is 13.6. The lowest BCUT2D eigenvalue weighted by Crippen LogP contribution is -2.50. The van der Waals surface area contributed by atoms with Crippen LogP contribution in [-0.2, 0) is 4.79 Å². The van der Waals surface area contributed by atoms with Crippen molar-refractivity contribution in [3.63, 3.8) is 0 Å². The number of aryl methyl sites for hydroxylation is 3. The van der Waals surface area contributed by atoms with Crippen molar-refractivity contribution in [2.24, 2.45) is 0 Å². The fourth-order valence-electron chi connectivity index (χ4n) is 3.32. The molecule has 1 atom stereocenters. The topological polar surface area (TPSA) is 88.3 Å². The van der Waals surface area contributed by atoms with Crippen molar-refractivity contribution in [1.29, 1.82) is 0 Å². The summed E-state index contributed by atoms with van der Waals surface area (Å²) in [7, 11) is 0. The molecule has 7 nitrogen and oxygen atoms in total. The second-order valence-corrected chi connectivity index (χ2v) is 9.00. The molecule has 0 fully saturated rings. The number of carbonyl (C=O) groups excluding carboxylic acids is 2. The van der Waals surface area contributed by atoms with E-state index >= 15 is 0 Å². The molecule has 1 N–H and O–H groups in total. The van der Waals surface area contributed by atoms with E-state index in [0.29, 0.717) is 17.2 Å². The zero-order valence-electron chi connectivity index (χ0n) is 18.7. The first-order chi connectivity index (χ1) is 14.6. The highest BCUT2D eigenvalue weighted by Crippen LogP contribution is 2.32. The third-order valence-corrected chi connectivity index (χ3v) is 5.67. The molecule has 0 aliphatic carbocycles. The molecule has 164 valence electrons. The second kappa shape index (κ2) is 9.01. The second-order valence-electron chi connectivity index (χ2n) is 8.39. The first kappa shape index (κ1) is 22.7. The average Bonchev–Trinajstić information content (AvgIpc) is 3.36. The molecule has 0 saturated heterocycles. The molecule has 2 heterocycles. The van der Waals surface area contributed by atoms with E-state index in [0.717, 1.165) is 29.1 Å². The Morgan fingerprint density at radius 3 is 2.35 bits per heavy atom. The number of hydrogen-bond donors (Lipinski definition) is 1. The van der Waals surface area contributed by atoms with E-state index < -0.39 is 17.5 Å². The SMILES string of the molecule is CCC(C)(C)NC(=O)[C@@H](c1ccc(C)o1)N(C(=O)c1csnn1)c1cc(C)cc(C)c1. The van der Waals surface area contributed by atoms with Crippen molar-refractivity contribution >= 4 is 29.0 Å². The summed E-state index contributed by atoms with van der Waals surface area (Å²) in [6.07, 6.45) is 0.732. The predicted molar refractivity (Wildman–Crippen MR) is 121 cm³/mol. The van der Waals surface area contributed by atoms with Crippen LogP contribution in [-0.4, -0.2) is 26.9 Å². The van der Waals surface area contributed by atoms with Gasteiger partial charge in [0.2, 0.25) is 0 Å². The third kappa shape index (κ3) is 5.19. The van der Waals surface area contributed by atoms with Crippen LogP contribution >= 0.6 is 11.5 Å². The van der Waals surface area contributed by atoms with Gasteiger partial charge in [0, 0.05) is 16.6 Å². The van der Waals surface area contributed by atoms with Crippen LogP contribution in [0.1, 0.15) is 66.4 Å². The van der Waals surface area contributed by atoms with Crippen LogP contribution < -0.4 is 10.2 Å². The monoisotopic (exact) mass is 440 g/mol. The van der Waals surface area contributed by atoms with Gasteiger partial charge in [0.1, 0.15) is 11.5 Å². The van der Waals surface area contributed by atoms with Gasteiger partial charge in [0.25, 0.3) is 11.8 Å². The first-order valence-electron chi connectivity index (χ1n) is 10.2. The fourth-order valence-corrected chi connectivity index (χ4v) is 3.75. The summed E-state index contributed by atoms with van der Waals surface area (Å²) in [5.41, 5.74) is 2.29. The Kier molecular flexibility index (Phi) is 6.59. The van der Waals surface area contributed by atoms with Gasteiger partial charge in [-0.25, -0.2) is 0 Å². The van der Waals surface area contributed by atoms with Crippen molar-refractivity contribution in [2.75, 3.05) is 4.90 Å². The van der Waals surface area contributed by atoms with Gasteiger partial charge in [-0.1, -0.05) is 17.5 Å².